The Morgan fingerprint density at radius 1 is 0.707 bits per heavy atom. The van der Waals surface area contributed by atoms with Gasteiger partial charge in [-0.2, -0.15) is 0 Å². The average molecular weight is 667 g/mol. The molecule has 0 N–H and O–H groups in total. The number of halogens is 2. The van der Waals surface area contributed by atoms with Gasteiger partial charge in [0.25, 0.3) is 0 Å². The van der Waals surface area contributed by atoms with Crippen molar-refractivity contribution in [3.8, 4) is 22.3 Å². The number of fused-ring (bicyclic) bond motifs is 4. The summed E-state index contributed by atoms with van der Waals surface area (Å²) in [4.78, 5) is 0. The first-order valence-electron chi connectivity index (χ1n) is 14.5. The van der Waals surface area contributed by atoms with E-state index in [9.17, 15) is 0 Å². The molecule has 202 valence electrons. The van der Waals surface area contributed by atoms with Crippen LogP contribution in [0.25, 0.3) is 33.9 Å². The molecular formula is C37H32Cl2SiZr. The van der Waals surface area contributed by atoms with Gasteiger partial charge in [0.05, 0.1) is 0 Å². The zero-order valence-electron chi connectivity index (χ0n) is 23.4. The van der Waals surface area contributed by atoms with Gasteiger partial charge < -0.3 is 0 Å². The van der Waals surface area contributed by atoms with Gasteiger partial charge in [-0.15, -0.1) is 0 Å². The van der Waals surface area contributed by atoms with Gasteiger partial charge in [0.2, 0.25) is 0 Å². The predicted molar refractivity (Wildman–Crippen MR) is 179 cm³/mol. The van der Waals surface area contributed by atoms with Crippen molar-refractivity contribution in [2.24, 2.45) is 5.92 Å². The number of allylic oxidation sites excluding steroid dienone is 1. The first-order valence-corrected chi connectivity index (χ1v) is 24.9. The fraction of sp³-hybridized carbons (Fsp3) is 0.135. The van der Waals surface area contributed by atoms with E-state index in [2.05, 4.69) is 135 Å². The van der Waals surface area contributed by atoms with Crippen LogP contribution < -0.4 is 13.6 Å². The van der Waals surface area contributed by atoms with Gasteiger partial charge in [-0.25, -0.2) is 0 Å². The Labute approximate surface area is 257 Å². The molecule has 41 heavy (non-hydrogen) atoms. The molecule has 0 bridgehead atoms. The summed E-state index contributed by atoms with van der Waals surface area (Å²) in [6.07, 6.45) is 3.45. The third kappa shape index (κ3) is 4.78. The maximum absolute atomic E-state index is 7.95. The Balaban J connectivity index is 1.46. The molecule has 2 aliphatic rings. The molecule has 1 heterocycles. The monoisotopic (exact) mass is 664 g/mol. The summed E-state index contributed by atoms with van der Waals surface area (Å²) in [7, 11) is 15.2. The van der Waals surface area contributed by atoms with Crippen LogP contribution in [0.2, 0.25) is 0 Å². The minimum atomic E-state index is -4.11. The zero-order valence-corrected chi connectivity index (χ0v) is 28.8. The zero-order chi connectivity index (χ0) is 28.1. The number of hydrogen-bond acceptors (Lipinski definition) is 0. The van der Waals surface area contributed by atoms with Crippen LogP contribution in [-0.4, -0.2) is 9.52 Å². The van der Waals surface area contributed by atoms with Gasteiger partial charge in [-0.1, -0.05) is 0 Å². The molecule has 0 saturated heterocycles. The van der Waals surface area contributed by atoms with Crippen LogP contribution in [0.3, 0.4) is 0 Å². The fourth-order valence-corrected chi connectivity index (χ4v) is 23.4. The normalized spacial score (nSPS) is 16.0. The van der Waals surface area contributed by atoms with E-state index < -0.39 is 27.4 Å². The number of rotatable bonds is 6. The van der Waals surface area contributed by atoms with Crippen molar-refractivity contribution in [3.05, 3.63) is 138 Å². The van der Waals surface area contributed by atoms with E-state index in [1.54, 1.807) is 0 Å². The van der Waals surface area contributed by atoms with Gasteiger partial charge in [0.1, 0.15) is 0 Å². The van der Waals surface area contributed by atoms with E-state index in [1.807, 2.05) is 0 Å². The SMILES string of the molecule is CC(C)Cc1ccc2c(c1-c1ccccc1)C=C(c1ccccc1)[CH]2[Zr]([Cl])([Cl])[c]1cccc2c1[SiH2]c1ccccc1-2. The molecule has 5 aromatic carbocycles. The molecule has 7 rings (SSSR count). The van der Waals surface area contributed by atoms with Crippen molar-refractivity contribution < 1.29 is 17.9 Å². The summed E-state index contributed by atoms with van der Waals surface area (Å²) in [5.74, 6) is 0.558. The Bertz CT molecular complexity index is 1790. The standard InChI is InChI=1S/C25H23.C12H9Si.2ClH.Zr/c1-18(2)15-22-14-13-21-16-23(19-9-5-3-6-10-19)17-24(21)25(22)20-11-7-4-8-12-20;1-3-7-11-9(5-1)10-6-2-4-8-12(10)13-11;;;/h3-14,16-18H,15H2,1-2H3;1-7H,13H2;2*1H;/q;;;;+2/p-2. The molecule has 0 spiro atoms. The Hall–Kier alpha value is -2.48. The predicted octanol–water partition coefficient (Wildman–Crippen LogP) is 8.03. The molecular weight excluding hydrogens is 635 g/mol. The van der Waals surface area contributed by atoms with Crippen molar-refractivity contribution >= 4 is 51.8 Å². The van der Waals surface area contributed by atoms with Gasteiger partial charge >= 0.3 is 259 Å². The van der Waals surface area contributed by atoms with E-state index in [4.69, 9.17) is 17.0 Å². The fourth-order valence-electron chi connectivity index (χ4n) is 6.95. The molecule has 5 aromatic rings. The third-order valence-corrected chi connectivity index (χ3v) is 22.9. The summed E-state index contributed by atoms with van der Waals surface area (Å²) in [5, 5.41) is 2.97. The van der Waals surface area contributed by atoms with Crippen molar-refractivity contribution in [2.75, 3.05) is 0 Å². The van der Waals surface area contributed by atoms with Crippen LogP contribution >= 0.6 is 17.0 Å². The Kier molecular flexibility index (Phi) is 7.32. The summed E-state index contributed by atoms with van der Waals surface area (Å²) in [6.45, 7) is 4.60. The molecule has 1 atom stereocenters. The van der Waals surface area contributed by atoms with Crippen molar-refractivity contribution in [1.82, 2.24) is 0 Å². The topological polar surface area (TPSA) is 0 Å². The van der Waals surface area contributed by atoms with Crippen LogP contribution in [0.1, 0.15) is 39.7 Å². The van der Waals surface area contributed by atoms with Gasteiger partial charge in [0, 0.05) is 0 Å². The first-order chi connectivity index (χ1) is 19.9. The van der Waals surface area contributed by atoms with Gasteiger partial charge in [-0.05, 0) is 0 Å². The van der Waals surface area contributed by atoms with Crippen LogP contribution in [0.4, 0.5) is 0 Å². The molecule has 0 radical (unpaired) electrons. The Morgan fingerprint density at radius 2 is 1.37 bits per heavy atom. The Morgan fingerprint density at radius 3 is 2.10 bits per heavy atom. The number of benzene rings is 5. The van der Waals surface area contributed by atoms with E-state index in [-0.39, 0.29) is 3.63 Å². The quantitative estimate of drug-likeness (QED) is 0.158. The molecule has 0 fully saturated rings. The van der Waals surface area contributed by atoms with E-state index in [0.29, 0.717) is 5.92 Å². The molecule has 1 unspecified atom stereocenters. The number of hydrogen-bond donors (Lipinski definition) is 0. The minimum absolute atomic E-state index is 0.00445. The van der Waals surface area contributed by atoms with Crippen LogP contribution in [0, 0.1) is 5.92 Å². The van der Waals surface area contributed by atoms with Gasteiger partial charge in [-0.3, -0.25) is 0 Å². The van der Waals surface area contributed by atoms with Crippen molar-refractivity contribution in [1.29, 1.82) is 0 Å². The molecule has 1 aliphatic carbocycles. The summed E-state index contributed by atoms with van der Waals surface area (Å²) in [6, 6.07) is 42.0. The second-order valence-electron chi connectivity index (χ2n) is 11.8. The van der Waals surface area contributed by atoms with Crippen LogP contribution in [0.5, 0.6) is 0 Å². The molecule has 0 saturated carbocycles. The van der Waals surface area contributed by atoms with Crippen molar-refractivity contribution in [3.63, 3.8) is 0 Å². The van der Waals surface area contributed by atoms with Crippen LogP contribution in [-0.2, 0) is 24.3 Å². The first kappa shape index (κ1) is 27.4. The van der Waals surface area contributed by atoms with E-state index in [0.717, 1.165) is 6.42 Å². The van der Waals surface area contributed by atoms with E-state index >= 15 is 0 Å². The molecule has 0 nitrogen and oxygen atoms in total. The van der Waals surface area contributed by atoms with Crippen molar-refractivity contribution in [2.45, 2.75) is 23.9 Å². The summed E-state index contributed by atoms with van der Waals surface area (Å²) < 4.78 is 1.28. The van der Waals surface area contributed by atoms with Crippen LogP contribution in [0.15, 0.2) is 115 Å². The van der Waals surface area contributed by atoms with Gasteiger partial charge in [0.15, 0.2) is 0 Å². The maximum atomic E-state index is 7.95. The molecule has 1 aliphatic heterocycles. The second kappa shape index (κ2) is 11.0. The molecule has 4 heteroatoms. The summed E-state index contributed by atoms with van der Waals surface area (Å²) >= 11 is -4.11. The third-order valence-electron chi connectivity index (χ3n) is 8.66. The van der Waals surface area contributed by atoms with E-state index in [1.165, 1.54) is 63.7 Å². The molecule has 0 amide bonds. The second-order valence-corrected chi connectivity index (χ2v) is 27.6. The average Bonchev–Trinajstić information content (AvgIpc) is 3.57. The molecule has 0 aromatic heterocycles. The summed E-state index contributed by atoms with van der Waals surface area (Å²) in [5.41, 5.74) is 11.8.